The Hall–Kier alpha value is -1.49. The average molecular weight is 409 g/mol. The maximum Gasteiger partial charge on any atom is 0.123 e. The summed E-state index contributed by atoms with van der Waals surface area (Å²) in [6.45, 7) is 3.03. The summed E-state index contributed by atoms with van der Waals surface area (Å²) in [6, 6.07) is 12.4. The van der Waals surface area contributed by atoms with Crippen LogP contribution in [0.25, 0.3) is 0 Å². The van der Waals surface area contributed by atoms with Gasteiger partial charge in [-0.1, -0.05) is 35.3 Å². The smallest absolute Gasteiger partial charge is 0.123 e. The first kappa shape index (κ1) is 19.3. The third-order valence-electron chi connectivity index (χ3n) is 4.19. The molecule has 2 nitrogen and oxygen atoms in total. The number of imidazole rings is 1. The highest BCUT2D eigenvalue weighted by atomic mass is 35.5. The Morgan fingerprint density at radius 2 is 1.88 bits per heavy atom. The second-order valence-electron chi connectivity index (χ2n) is 6.49. The van der Waals surface area contributed by atoms with E-state index in [0.717, 1.165) is 29.8 Å². The van der Waals surface area contributed by atoms with Gasteiger partial charge in [0.15, 0.2) is 0 Å². The zero-order valence-electron chi connectivity index (χ0n) is 14.3. The molecule has 0 spiro atoms. The van der Waals surface area contributed by atoms with Gasteiger partial charge in [-0.2, -0.15) is 0 Å². The van der Waals surface area contributed by atoms with E-state index in [2.05, 4.69) is 16.5 Å². The molecule has 0 aliphatic heterocycles. The molecule has 1 heterocycles. The molecule has 136 valence electrons. The van der Waals surface area contributed by atoms with Crippen LogP contribution in [-0.2, 0) is 13.0 Å². The summed E-state index contributed by atoms with van der Waals surface area (Å²) in [6.07, 6.45) is 7.35. The van der Waals surface area contributed by atoms with Crippen LogP contribution in [0.4, 0.5) is 4.39 Å². The fraction of sp³-hybridized carbons (Fsp3) is 0.250. The predicted octanol–water partition coefficient (Wildman–Crippen LogP) is 6.51. The largest absolute Gasteiger partial charge is 0.336 e. The highest BCUT2D eigenvalue weighted by Crippen LogP contribution is 2.39. The van der Waals surface area contributed by atoms with Crippen molar-refractivity contribution in [3.8, 4) is 0 Å². The van der Waals surface area contributed by atoms with Crippen LogP contribution in [-0.4, -0.2) is 14.3 Å². The van der Waals surface area contributed by atoms with E-state index in [-0.39, 0.29) is 10.6 Å². The third-order valence-corrected chi connectivity index (χ3v) is 6.24. The Morgan fingerprint density at radius 3 is 2.54 bits per heavy atom. The van der Waals surface area contributed by atoms with Crippen molar-refractivity contribution in [3.05, 3.63) is 82.6 Å². The molecule has 0 amide bonds. The van der Waals surface area contributed by atoms with Gasteiger partial charge in [0, 0.05) is 28.6 Å². The number of halogens is 3. The molecule has 6 heteroatoms. The number of thioether (sulfide) groups is 1. The van der Waals surface area contributed by atoms with Crippen molar-refractivity contribution in [1.82, 2.24) is 9.55 Å². The normalized spacial score (nSPS) is 13.5. The number of rotatable bonds is 7. The summed E-state index contributed by atoms with van der Waals surface area (Å²) in [5.74, 6) is -0.208. The Morgan fingerprint density at radius 1 is 1.12 bits per heavy atom. The first-order valence-electron chi connectivity index (χ1n) is 8.28. The van der Waals surface area contributed by atoms with Gasteiger partial charge in [-0.15, -0.1) is 11.8 Å². The van der Waals surface area contributed by atoms with E-state index >= 15 is 0 Å². The van der Waals surface area contributed by atoms with Crippen molar-refractivity contribution in [2.45, 2.75) is 36.0 Å². The molecule has 0 saturated carbocycles. The minimum atomic E-state index is -0.208. The van der Waals surface area contributed by atoms with Crippen molar-refractivity contribution in [3.63, 3.8) is 0 Å². The monoisotopic (exact) mass is 408 g/mol. The minimum Gasteiger partial charge on any atom is -0.336 e. The van der Waals surface area contributed by atoms with Crippen LogP contribution in [0.5, 0.6) is 0 Å². The second kappa shape index (κ2) is 8.47. The zero-order valence-corrected chi connectivity index (χ0v) is 16.7. The predicted molar refractivity (Wildman–Crippen MR) is 108 cm³/mol. The average Bonchev–Trinajstić information content (AvgIpc) is 3.10. The van der Waals surface area contributed by atoms with Crippen LogP contribution < -0.4 is 0 Å². The van der Waals surface area contributed by atoms with Crippen LogP contribution >= 0.6 is 35.0 Å². The van der Waals surface area contributed by atoms with Crippen molar-refractivity contribution in [1.29, 1.82) is 0 Å². The van der Waals surface area contributed by atoms with Gasteiger partial charge in [0.05, 0.1) is 16.4 Å². The fourth-order valence-electron chi connectivity index (χ4n) is 2.81. The lowest BCUT2D eigenvalue weighted by molar-refractivity contribution is 0.495. The van der Waals surface area contributed by atoms with Gasteiger partial charge in [-0.05, 0) is 55.7 Å². The molecule has 0 aliphatic rings. The molecule has 0 aliphatic carbocycles. The van der Waals surface area contributed by atoms with Gasteiger partial charge in [-0.3, -0.25) is 0 Å². The van der Waals surface area contributed by atoms with Crippen LogP contribution in [0, 0.1) is 5.82 Å². The van der Waals surface area contributed by atoms with Gasteiger partial charge < -0.3 is 4.57 Å². The summed E-state index contributed by atoms with van der Waals surface area (Å²) >= 11 is 14.0. The van der Waals surface area contributed by atoms with Crippen molar-refractivity contribution >= 4 is 35.0 Å². The Labute approximate surface area is 167 Å². The lowest BCUT2D eigenvalue weighted by atomic mass is 10.00. The number of nitrogens with zero attached hydrogens (tertiary/aromatic N) is 2. The van der Waals surface area contributed by atoms with Crippen LogP contribution in [0.1, 0.15) is 18.9 Å². The number of hydrogen-bond acceptors (Lipinski definition) is 2. The number of hydrogen-bond donors (Lipinski definition) is 0. The van der Waals surface area contributed by atoms with Gasteiger partial charge in [0.25, 0.3) is 0 Å². The lowest BCUT2D eigenvalue weighted by Gasteiger charge is -2.30. The van der Waals surface area contributed by atoms with E-state index in [1.54, 1.807) is 18.0 Å². The molecule has 0 N–H and O–H groups in total. The van der Waals surface area contributed by atoms with E-state index in [9.17, 15) is 4.39 Å². The summed E-state index contributed by atoms with van der Waals surface area (Å²) in [5.41, 5.74) is 1.12. The highest BCUT2D eigenvalue weighted by molar-refractivity contribution is 8.00. The lowest BCUT2D eigenvalue weighted by Crippen LogP contribution is -2.27. The standard InChI is InChI=1S/C20H19Cl2FN2S/c1-20(13-25-11-10-24-14-25,9-8-15-2-4-16(23)5-3-15)26-17-6-7-18(21)19(22)12-17/h2-7,10-12,14H,8-9,13H2,1H3. The highest BCUT2D eigenvalue weighted by Gasteiger charge is 2.26. The van der Waals surface area contributed by atoms with Crippen LogP contribution in [0.3, 0.4) is 0 Å². The van der Waals surface area contributed by atoms with Gasteiger partial charge in [0.2, 0.25) is 0 Å². The van der Waals surface area contributed by atoms with Crippen LogP contribution in [0.15, 0.2) is 66.1 Å². The fourth-order valence-corrected chi connectivity index (χ4v) is 4.48. The Bertz CT molecular complexity index is 853. The quantitative estimate of drug-likeness (QED) is 0.414. The first-order chi connectivity index (χ1) is 12.4. The summed E-state index contributed by atoms with van der Waals surface area (Å²) in [7, 11) is 0. The Balaban J connectivity index is 1.78. The minimum absolute atomic E-state index is 0.0910. The molecule has 1 unspecified atom stereocenters. The summed E-state index contributed by atoms with van der Waals surface area (Å²) in [5, 5.41) is 1.11. The molecule has 0 saturated heterocycles. The molecular weight excluding hydrogens is 390 g/mol. The maximum absolute atomic E-state index is 13.1. The first-order valence-corrected chi connectivity index (χ1v) is 9.85. The summed E-state index contributed by atoms with van der Waals surface area (Å²) < 4.78 is 15.1. The topological polar surface area (TPSA) is 17.8 Å². The molecule has 0 fully saturated rings. The third kappa shape index (κ3) is 5.26. The maximum atomic E-state index is 13.1. The van der Waals surface area contributed by atoms with Gasteiger partial charge in [-0.25, -0.2) is 9.37 Å². The number of benzene rings is 2. The van der Waals surface area contributed by atoms with Crippen molar-refractivity contribution < 1.29 is 4.39 Å². The molecule has 1 aromatic heterocycles. The van der Waals surface area contributed by atoms with Gasteiger partial charge >= 0.3 is 0 Å². The van der Waals surface area contributed by atoms with E-state index in [1.807, 2.05) is 42.9 Å². The van der Waals surface area contributed by atoms with E-state index < -0.39 is 0 Å². The molecule has 3 aromatic rings. The molecule has 3 rings (SSSR count). The number of aryl methyl sites for hydroxylation is 1. The molecule has 26 heavy (non-hydrogen) atoms. The second-order valence-corrected chi connectivity index (χ2v) is 8.96. The SMILES string of the molecule is CC(CCc1ccc(F)cc1)(Cn1ccnc1)Sc1ccc(Cl)c(Cl)c1. The Kier molecular flexibility index (Phi) is 6.28. The zero-order chi connectivity index (χ0) is 18.6. The van der Waals surface area contributed by atoms with Crippen molar-refractivity contribution in [2.24, 2.45) is 0 Å². The van der Waals surface area contributed by atoms with E-state index in [0.29, 0.717) is 10.0 Å². The molecule has 0 radical (unpaired) electrons. The molecule has 1 atom stereocenters. The number of aromatic nitrogens is 2. The van der Waals surface area contributed by atoms with E-state index in [1.165, 1.54) is 12.1 Å². The van der Waals surface area contributed by atoms with E-state index in [4.69, 9.17) is 23.2 Å². The molecular formula is C20H19Cl2FN2S. The van der Waals surface area contributed by atoms with Gasteiger partial charge in [0.1, 0.15) is 5.82 Å². The molecule has 0 bridgehead atoms. The summed E-state index contributed by atoms with van der Waals surface area (Å²) in [4.78, 5) is 5.21. The van der Waals surface area contributed by atoms with Crippen molar-refractivity contribution in [2.75, 3.05) is 0 Å². The molecule has 2 aromatic carbocycles. The van der Waals surface area contributed by atoms with Crippen LogP contribution in [0.2, 0.25) is 10.0 Å².